The van der Waals surface area contributed by atoms with Crippen molar-refractivity contribution in [1.29, 1.82) is 0 Å². The highest BCUT2D eigenvalue weighted by Gasteiger charge is 2.24. The molecule has 0 saturated heterocycles. The third-order valence-corrected chi connectivity index (χ3v) is 6.44. The standard InChI is InChI=1S/C24H20ClN7O2S/c1-14-29-21-20(22(34-2)15-6-4-3-5-7-15)18(13-26-23(21)35-14)31-24(33)30-16-8-9-19(17(25)12-16)32-27-10-11-28-32/h3-13,22H,1-2H3,(H2,30,31,33). The summed E-state index contributed by atoms with van der Waals surface area (Å²) in [7, 11) is 1.63. The number of rotatable bonds is 6. The summed E-state index contributed by atoms with van der Waals surface area (Å²) < 4.78 is 5.88. The van der Waals surface area contributed by atoms with Crippen LogP contribution in [0.2, 0.25) is 5.02 Å². The molecule has 176 valence electrons. The molecule has 0 aliphatic carbocycles. The predicted molar refractivity (Wildman–Crippen MR) is 136 cm³/mol. The van der Waals surface area contributed by atoms with Crippen molar-refractivity contribution in [2.24, 2.45) is 0 Å². The maximum Gasteiger partial charge on any atom is 0.323 e. The minimum Gasteiger partial charge on any atom is -0.372 e. The number of benzene rings is 2. The SMILES string of the molecule is COC(c1ccccc1)c1c(NC(=O)Nc2ccc(-n3nccn3)c(Cl)c2)cnc2sc(C)nc12. The fourth-order valence-electron chi connectivity index (χ4n) is 3.78. The van der Waals surface area contributed by atoms with Crippen LogP contribution < -0.4 is 10.6 Å². The summed E-state index contributed by atoms with van der Waals surface area (Å²) in [4.78, 5) is 24.3. The molecule has 9 nitrogen and oxygen atoms in total. The Hall–Kier alpha value is -3.86. The molecule has 3 heterocycles. The molecule has 2 N–H and O–H groups in total. The van der Waals surface area contributed by atoms with Gasteiger partial charge in [0.2, 0.25) is 0 Å². The number of nitrogens with one attached hydrogen (secondary N) is 2. The van der Waals surface area contributed by atoms with E-state index in [2.05, 4.69) is 30.8 Å². The zero-order valence-corrected chi connectivity index (χ0v) is 20.3. The third kappa shape index (κ3) is 4.72. The fourth-order valence-corrected chi connectivity index (χ4v) is 4.82. The second-order valence-electron chi connectivity index (χ2n) is 7.56. The van der Waals surface area contributed by atoms with E-state index in [0.717, 1.165) is 21.0 Å². The average Bonchev–Trinajstić information content (AvgIpc) is 3.51. The number of carbonyl (C=O) groups is 1. The highest BCUT2D eigenvalue weighted by Crippen LogP contribution is 2.37. The lowest BCUT2D eigenvalue weighted by Gasteiger charge is -2.20. The molecule has 11 heteroatoms. The van der Waals surface area contributed by atoms with Crippen LogP contribution in [0.4, 0.5) is 16.2 Å². The average molecular weight is 506 g/mol. The molecule has 0 spiro atoms. The Morgan fingerprint density at radius 3 is 2.60 bits per heavy atom. The molecule has 0 aliphatic heterocycles. The Kier molecular flexibility index (Phi) is 6.41. The topological polar surface area (TPSA) is 107 Å². The summed E-state index contributed by atoms with van der Waals surface area (Å²) >= 11 is 7.87. The molecule has 3 aromatic heterocycles. The van der Waals surface area contributed by atoms with Crippen LogP contribution in [0.15, 0.2) is 67.1 Å². The Labute approximate surface area is 209 Å². The Morgan fingerprint density at radius 1 is 1.11 bits per heavy atom. The molecule has 5 rings (SSSR count). The number of pyridine rings is 1. The molecule has 0 fully saturated rings. The zero-order valence-electron chi connectivity index (χ0n) is 18.8. The molecule has 0 saturated carbocycles. The van der Waals surface area contributed by atoms with Crippen molar-refractivity contribution in [1.82, 2.24) is 25.0 Å². The van der Waals surface area contributed by atoms with Crippen molar-refractivity contribution >= 4 is 50.7 Å². The van der Waals surface area contributed by atoms with E-state index < -0.39 is 12.1 Å². The van der Waals surface area contributed by atoms with E-state index >= 15 is 0 Å². The number of thiazole rings is 1. The van der Waals surface area contributed by atoms with Crippen LogP contribution >= 0.6 is 22.9 Å². The Bertz CT molecular complexity index is 1490. The van der Waals surface area contributed by atoms with E-state index in [9.17, 15) is 4.79 Å². The number of amides is 2. The van der Waals surface area contributed by atoms with E-state index in [1.807, 2.05) is 37.3 Å². The first-order valence-corrected chi connectivity index (χ1v) is 11.8. The van der Waals surface area contributed by atoms with Crippen LogP contribution in [0.3, 0.4) is 0 Å². The van der Waals surface area contributed by atoms with Crippen molar-refractivity contribution in [3.8, 4) is 5.69 Å². The van der Waals surface area contributed by atoms with Crippen molar-refractivity contribution in [2.45, 2.75) is 13.0 Å². The minimum atomic E-state index is -0.455. The maximum atomic E-state index is 13.0. The number of ether oxygens (including phenoxy) is 1. The summed E-state index contributed by atoms with van der Waals surface area (Å²) in [6.07, 6.45) is 4.30. The summed E-state index contributed by atoms with van der Waals surface area (Å²) in [6, 6.07) is 14.4. The summed E-state index contributed by atoms with van der Waals surface area (Å²) in [5.41, 5.74) is 3.98. The molecular weight excluding hydrogens is 486 g/mol. The first kappa shape index (κ1) is 22.9. The van der Waals surface area contributed by atoms with Gasteiger partial charge in [0, 0.05) is 18.4 Å². The number of hydrogen-bond acceptors (Lipinski definition) is 7. The molecule has 35 heavy (non-hydrogen) atoms. The van der Waals surface area contributed by atoms with Gasteiger partial charge in [-0.1, -0.05) is 53.3 Å². The zero-order chi connectivity index (χ0) is 24.4. The van der Waals surface area contributed by atoms with Gasteiger partial charge >= 0.3 is 6.03 Å². The fraction of sp³-hybridized carbons (Fsp3) is 0.125. The maximum absolute atomic E-state index is 13.0. The number of halogens is 1. The number of nitrogens with zero attached hydrogens (tertiary/aromatic N) is 5. The third-order valence-electron chi connectivity index (χ3n) is 5.26. The highest BCUT2D eigenvalue weighted by atomic mass is 35.5. The van der Waals surface area contributed by atoms with Crippen LogP contribution in [0.1, 0.15) is 22.2 Å². The molecule has 0 bridgehead atoms. The number of aryl methyl sites for hydroxylation is 1. The van der Waals surface area contributed by atoms with Gasteiger partial charge in [-0.05, 0) is 30.7 Å². The number of carbonyl (C=O) groups excluding carboxylic acids is 1. The molecule has 0 aliphatic rings. The van der Waals surface area contributed by atoms with Crippen molar-refractivity contribution in [2.75, 3.05) is 17.7 Å². The second kappa shape index (κ2) is 9.79. The van der Waals surface area contributed by atoms with Gasteiger partial charge < -0.3 is 15.4 Å². The highest BCUT2D eigenvalue weighted by molar-refractivity contribution is 7.18. The number of methoxy groups -OCH3 is 1. The largest absolute Gasteiger partial charge is 0.372 e. The number of anilines is 2. The number of aromatic nitrogens is 5. The van der Waals surface area contributed by atoms with E-state index in [4.69, 9.17) is 16.3 Å². The van der Waals surface area contributed by atoms with E-state index in [1.165, 1.54) is 16.1 Å². The van der Waals surface area contributed by atoms with Crippen LogP contribution in [-0.2, 0) is 4.74 Å². The van der Waals surface area contributed by atoms with Gasteiger partial charge in [0.15, 0.2) is 0 Å². The minimum absolute atomic E-state index is 0.393. The lowest BCUT2D eigenvalue weighted by molar-refractivity contribution is 0.138. The van der Waals surface area contributed by atoms with E-state index in [1.54, 1.807) is 43.9 Å². The van der Waals surface area contributed by atoms with Crippen LogP contribution in [0.5, 0.6) is 0 Å². The van der Waals surface area contributed by atoms with Gasteiger partial charge in [0.05, 0.1) is 34.3 Å². The first-order valence-electron chi connectivity index (χ1n) is 10.6. The van der Waals surface area contributed by atoms with Gasteiger partial charge in [-0.2, -0.15) is 15.0 Å². The molecular formula is C24H20ClN7O2S. The Balaban J connectivity index is 1.45. The van der Waals surface area contributed by atoms with Gasteiger partial charge in [-0.3, -0.25) is 0 Å². The van der Waals surface area contributed by atoms with E-state index in [-0.39, 0.29) is 0 Å². The lowest BCUT2D eigenvalue weighted by atomic mass is 10.00. The number of hydrogen-bond donors (Lipinski definition) is 2. The number of urea groups is 1. The lowest BCUT2D eigenvalue weighted by Crippen LogP contribution is -2.21. The normalized spacial score (nSPS) is 12.0. The van der Waals surface area contributed by atoms with Crippen LogP contribution in [0.25, 0.3) is 16.0 Å². The van der Waals surface area contributed by atoms with Crippen molar-refractivity contribution in [3.63, 3.8) is 0 Å². The molecule has 1 unspecified atom stereocenters. The summed E-state index contributed by atoms with van der Waals surface area (Å²) in [6.45, 7) is 1.92. The van der Waals surface area contributed by atoms with Gasteiger partial charge in [0.25, 0.3) is 0 Å². The summed E-state index contributed by atoms with van der Waals surface area (Å²) in [5, 5.41) is 15.1. The van der Waals surface area contributed by atoms with E-state index in [0.29, 0.717) is 27.6 Å². The molecule has 5 aromatic rings. The van der Waals surface area contributed by atoms with Gasteiger partial charge in [0.1, 0.15) is 22.1 Å². The van der Waals surface area contributed by atoms with Crippen molar-refractivity contribution in [3.05, 3.63) is 88.3 Å². The van der Waals surface area contributed by atoms with Crippen LogP contribution in [0, 0.1) is 6.92 Å². The molecule has 0 radical (unpaired) electrons. The second-order valence-corrected chi connectivity index (χ2v) is 9.15. The van der Waals surface area contributed by atoms with Gasteiger partial charge in [-0.25, -0.2) is 14.8 Å². The monoisotopic (exact) mass is 505 g/mol. The molecule has 2 aromatic carbocycles. The summed E-state index contributed by atoms with van der Waals surface area (Å²) in [5.74, 6) is 0. The van der Waals surface area contributed by atoms with Gasteiger partial charge in [-0.15, -0.1) is 0 Å². The van der Waals surface area contributed by atoms with Crippen molar-refractivity contribution < 1.29 is 9.53 Å². The molecule has 2 amide bonds. The predicted octanol–water partition coefficient (Wildman–Crippen LogP) is 5.61. The quantitative estimate of drug-likeness (QED) is 0.310. The Morgan fingerprint density at radius 2 is 1.89 bits per heavy atom. The number of fused-ring (bicyclic) bond motifs is 1. The molecule has 1 atom stereocenters. The first-order chi connectivity index (χ1) is 17.0. The smallest absolute Gasteiger partial charge is 0.323 e. The van der Waals surface area contributed by atoms with Crippen LogP contribution in [-0.4, -0.2) is 38.1 Å².